The average Bonchev–Trinajstić information content (AvgIpc) is 2.57. The maximum absolute atomic E-state index is 11.7. The van der Waals surface area contributed by atoms with Crippen LogP contribution in [0.15, 0.2) is 18.2 Å². The second-order valence-corrected chi connectivity index (χ2v) is 5.24. The Morgan fingerprint density at radius 3 is 2.21 bits per heavy atom. The lowest BCUT2D eigenvalue weighted by atomic mass is 9.97. The first-order valence-corrected chi connectivity index (χ1v) is 7.79. The van der Waals surface area contributed by atoms with Gasteiger partial charge in [-0.1, -0.05) is 13.8 Å². The van der Waals surface area contributed by atoms with Gasteiger partial charge < -0.3 is 29.3 Å². The minimum Gasteiger partial charge on any atom is -0.546 e. The molecule has 7 nitrogen and oxygen atoms in total. The maximum Gasteiger partial charge on any atom is 0.177 e. The van der Waals surface area contributed by atoms with Crippen molar-refractivity contribution < 1.29 is 34.1 Å². The summed E-state index contributed by atoms with van der Waals surface area (Å²) in [6, 6.07) is 3.96. The predicted molar refractivity (Wildman–Crippen MR) is 80.9 cm³/mol. The molecule has 0 aliphatic carbocycles. The van der Waals surface area contributed by atoms with Gasteiger partial charge in [0, 0.05) is 5.56 Å². The smallest absolute Gasteiger partial charge is 0.177 e. The third-order valence-electron chi connectivity index (χ3n) is 3.55. The number of carboxylic acids is 2. The molecule has 0 fully saturated rings. The molecule has 0 heterocycles. The predicted octanol–water partition coefficient (Wildman–Crippen LogP) is -0.0757. The molecule has 1 aromatic carbocycles. The first-order chi connectivity index (χ1) is 11.3. The van der Waals surface area contributed by atoms with E-state index in [1.165, 1.54) is 18.2 Å². The Labute approximate surface area is 144 Å². The Morgan fingerprint density at radius 2 is 1.75 bits per heavy atom. The van der Waals surface area contributed by atoms with Crippen molar-refractivity contribution in [2.45, 2.75) is 32.3 Å². The fourth-order valence-corrected chi connectivity index (χ4v) is 2.18. The van der Waals surface area contributed by atoms with Crippen LogP contribution >= 0.6 is 11.6 Å². The Balaban J connectivity index is 3.26. The van der Waals surface area contributed by atoms with Gasteiger partial charge in [-0.15, -0.1) is 11.6 Å². The molecule has 0 aliphatic rings. The molecule has 0 saturated heterocycles. The molecule has 0 bridgehead atoms. The fourth-order valence-electron chi connectivity index (χ4n) is 2.03. The van der Waals surface area contributed by atoms with Gasteiger partial charge in [-0.05, 0) is 31.0 Å². The van der Waals surface area contributed by atoms with E-state index < -0.39 is 29.9 Å². The SMILES string of the molecule is CCC(CC)(Oc1ccc(C(=O)CCl)cc1OCC(=O)[O-])C(=O)[O-]. The van der Waals surface area contributed by atoms with Gasteiger partial charge in [-0.3, -0.25) is 4.79 Å². The monoisotopic (exact) mass is 356 g/mol. The number of hydrogen-bond donors (Lipinski definition) is 0. The highest BCUT2D eigenvalue weighted by atomic mass is 35.5. The summed E-state index contributed by atoms with van der Waals surface area (Å²) in [6.07, 6.45) is 0.238. The average molecular weight is 357 g/mol. The minimum atomic E-state index is -1.60. The van der Waals surface area contributed by atoms with Gasteiger partial charge in [-0.25, -0.2) is 0 Å². The summed E-state index contributed by atoms with van der Waals surface area (Å²) in [5.41, 5.74) is -1.42. The fraction of sp³-hybridized carbons (Fsp3) is 0.438. The normalized spacial score (nSPS) is 11.0. The summed E-state index contributed by atoms with van der Waals surface area (Å²) >= 11 is 5.49. The van der Waals surface area contributed by atoms with E-state index in [1.54, 1.807) is 13.8 Å². The molecule has 1 aromatic rings. The van der Waals surface area contributed by atoms with Crippen LogP contribution in [0.3, 0.4) is 0 Å². The first kappa shape index (κ1) is 19.8. The molecule has 0 N–H and O–H groups in total. The number of carboxylic acid groups (broad SMARTS) is 2. The van der Waals surface area contributed by atoms with Crippen molar-refractivity contribution in [1.82, 2.24) is 0 Å². The molecule has 24 heavy (non-hydrogen) atoms. The van der Waals surface area contributed by atoms with Gasteiger partial charge in [0.15, 0.2) is 17.3 Å². The number of ether oxygens (including phenoxy) is 2. The molecule has 0 aliphatic heterocycles. The highest BCUT2D eigenvalue weighted by molar-refractivity contribution is 6.30. The lowest BCUT2D eigenvalue weighted by molar-refractivity contribution is -0.323. The zero-order valence-corrected chi connectivity index (χ0v) is 14.1. The topological polar surface area (TPSA) is 116 Å². The number of ketones is 1. The van der Waals surface area contributed by atoms with E-state index in [9.17, 15) is 24.6 Å². The second kappa shape index (κ2) is 8.54. The molecular weight excluding hydrogens is 340 g/mol. The standard InChI is InChI=1S/C16H19ClO7/c1-3-16(4-2,15(21)22)24-12-6-5-10(11(18)8-17)7-13(12)23-9-14(19)20/h5-7H,3-4,8-9H2,1-2H3,(H,19,20)(H,21,22)/p-2. The number of carbonyl (C=O) groups is 3. The molecule has 0 unspecified atom stereocenters. The van der Waals surface area contributed by atoms with E-state index in [-0.39, 0.29) is 35.8 Å². The Bertz CT molecular complexity index is 623. The third kappa shape index (κ3) is 4.61. The number of benzene rings is 1. The van der Waals surface area contributed by atoms with Crippen molar-refractivity contribution in [3.63, 3.8) is 0 Å². The van der Waals surface area contributed by atoms with Crippen LogP contribution in [0.25, 0.3) is 0 Å². The molecule has 0 saturated carbocycles. The summed E-state index contributed by atoms with van der Waals surface area (Å²) in [5, 5.41) is 22.0. The molecule has 0 radical (unpaired) electrons. The van der Waals surface area contributed by atoms with Crippen LogP contribution in [-0.2, 0) is 9.59 Å². The minimum absolute atomic E-state index is 0.0183. The zero-order chi connectivity index (χ0) is 18.3. The number of hydrogen-bond acceptors (Lipinski definition) is 7. The summed E-state index contributed by atoms with van der Waals surface area (Å²) in [5.74, 6) is -3.67. The third-order valence-corrected chi connectivity index (χ3v) is 3.79. The van der Waals surface area contributed by atoms with E-state index in [1.807, 2.05) is 0 Å². The van der Waals surface area contributed by atoms with Crippen LogP contribution < -0.4 is 19.7 Å². The van der Waals surface area contributed by atoms with E-state index in [2.05, 4.69) is 0 Å². The van der Waals surface area contributed by atoms with Gasteiger partial charge in [0.1, 0.15) is 12.2 Å². The van der Waals surface area contributed by atoms with Crippen LogP contribution in [0, 0.1) is 0 Å². The first-order valence-electron chi connectivity index (χ1n) is 7.26. The Hall–Kier alpha value is -2.28. The number of alkyl halides is 1. The molecular formula is C16H17ClO7-2. The number of Topliss-reactive ketones (excluding diaryl/α,β-unsaturated/α-hetero) is 1. The van der Waals surface area contributed by atoms with Crippen molar-refractivity contribution in [2.24, 2.45) is 0 Å². The summed E-state index contributed by atoms with van der Waals surface area (Å²) < 4.78 is 10.6. The van der Waals surface area contributed by atoms with Crippen molar-refractivity contribution >= 4 is 29.3 Å². The molecule has 0 aromatic heterocycles. The molecule has 0 spiro atoms. The van der Waals surface area contributed by atoms with Gasteiger partial charge in [0.25, 0.3) is 0 Å². The van der Waals surface area contributed by atoms with Gasteiger partial charge in [0.2, 0.25) is 0 Å². The largest absolute Gasteiger partial charge is 0.546 e. The van der Waals surface area contributed by atoms with Crippen LogP contribution in [0.5, 0.6) is 11.5 Å². The van der Waals surface area contributed by atoms with Gasteiger partial charge >= 0.3 is 0 Å². The van der Waals surface area contributed by atoms with Crippen LogP contribution in [0.2, 0.25) is 0 Å². The van der Waals surface area contributed by atoms with Gasteiger partial charge in [0.05, 0.1) is 17.8 Å². The van der Waals surface area contributed by atoms with Gasteiger partial charge in [-0.2, -0.15) is 0 Å². The number of halogens is 1. The molecule has 0 amide bonds. The van der Waals surface area contributed by atoms with E-state index >= 15 is 0 Å². The lowest BCUT2D eigenvalue weighted by Crippen LogP contribution is -2.51. The van der Waals surface area contributed by atoms with Crippen LogP contribution in [0.4, 0.5) is 0 Å². The zero-order valence-electron chi connectivity index (χ0n) is 13.3. The second-order valence-electron chi connectivity index (χ2n) is 4.97. The molecule has 1 rings (SSSR count). The van der Waals surface area contributed by atoms with Crippen LogP contribution in [0.1, 0.15) is 37.0 Å². The Morgan fingerprint density at radius 1 is 1.12 bits per heavy atom. The van der Waals surface area contributed by atoms with E-state index in [4.69, 9.17) is 21.1 Å². The Kier molecular flexibility index (Phi) is 7.03. The number of rotatable bonds is 10. The van der Waals surface area contributed by atoms with E-state index in [0.717, 1.165) is 0 Å². The highest BCUT2D eigenvalue weighted by Gasteiger charge is 2.31. The van der Waals surface area contributed by atoms with Crippen molar-refractivity contribution in [1.29, 1.82) is 0 Å². The van der Waals surface area contributed by atoms with Crippen molar-refractivity contribution in [2.75, 3.05) is 12.5 Å². The number of aliphatic carboxylic acids is 2. The summed E-state index contributed by atoms with van der Waals surface area (Å²) in [6.45, 7) is 2.45. The maximum atomic E-state index is 11.7. The quantitative estimate of drug-likeness (QED) is 0.425. The molecule has 0 atom stereocenters. The van der Waals surface area contributed by atoms with E-state index in [0.29, 0.717) is 0 Å². The van der Waals surface area contributed by atoms with Crippen LogP contribution in [-0.4, -0.2) is 35.8 Å². The lowest BCUT2D eigenvalue weighted by Gasteiger charge is -2.34. The number of carbonyl (C=O) groups excluding carboxylic acids is 3. The molecule has 132 valence electrons. The van der Waals surface area contributed by atoms with Crippen molar-refractivity contribution in [3.8, 4) is 11.5 Å². The van der Waals surface area contributed by atoms with Crippen molar-refractivity contribution in [3.05, 3.63) is 23.8 Å². The highest BCUT2D eigenvalue weighted by Crippen LogP contribution is 2.34. The molecule has 8 heteroatoms. The summed E-state index contributed by atoms with van der Waals surface area (Å²) in [7, 11) is 0. The summed E-state index contributed by atoms with van der Waals surface area (Å²) in [4.78, 5) is 33.7.